The maximum absolute atomic E-state index is 5.94. The molecule has 0 bridgehead atoms. The highest BCUT2D eigenvalue weighted by molar-refractivity contribution is 14.0. The molecule has 0 saturated heterocycles. The van der Waals surface area contributed by atoms with E-state index in [-0.39, 0.29) is 24.0 Å². The normalized spacial score (nSPS) is 15.7. The molecule has 25 heavy (non-hydrogen) atoms. The van der Waals surface area contributed by atoms with Crippen molar-refractivity contribution >= 4 is 41.5 Å². The third kappa shape index (κ3) is 7.58. The first kappa shape index (κ1) is 22.3. The van der Waals surface area contributed by atoms with E-state index in [0.717, 1.165) is 31.3 Å². The molecule has 1 aromatic carbocycles. The van der Waals surface area contributed by atoms with E-state index in [9.17, 15) is 0 Å². The lowest BCUT2D eigenvalue weighted by Gasteiger charge is -2.42. The quantitative estimate of drug-likeness (QED) is 0.244. The molecule has 1 saturated carbocycles. The van der Waals surface area contributed by atoms with Crippen molar-refractivity contribution in [2.24, 2.45) is 10.4 Å². The second-order valence-corrected chi connectivity index (χ2v) is 6.69. The number of guanidine groups is 1. The van der Waals surface area contributed by atoms with Crippen LogP contribution in [0, 0.1) is 5.41 Å². The molecule has 7 heteroatoms. The lowest BCUT2D eigenvalue weighted by molar-refractivity contribution is 0.0732. The lowest BCUT2D eigenvalue weighted by atomic mass is 9.67. The monoisotopic (exact) mass is 481 g/mol. The molecule has 0 atom stereocenters. The van der Waals surface area contributed by atoms with Gasteiger partial charge in [-0.2, -0.15) is 0 Å². The highest BCUT2D eigenvalue weighted by Crippen LogP contribution is 2.43. The Morgan fingerprint density at radius 3 is 2.68 bits per heavy atom. The van der Waals surface area contributed by atoms with Crippen LogP contribution < -0.4 is 15.4 Å². The van der Waals surface area contributed by atoms with Crippen molar-refractivity contribution in [3.8, 4) is 5.75 Å². The van der Waals surface area contributed by atoms with Gasteiger partial charge < -0.3 is 20.1 Å². The molecule has 5 nitrogen and oxygen atoms in total. The SMILES string of the molecule is CN=C(NCCOc1cccc(Cl)c1)NCC1(CCOC)CCC1.I. The van der Waals surface area contributed by atoms with Gasteiger partial charge in [-0.15, -0.1) is 24.0 Å². The summed E-state index contributed by atoms with van der Waals surface area (Å²) in [5.74, 6) is 1.59. The number of rotatable bonds is 9. The standard InChI is InChI=1S/C18H28ClN3O2.HI/c1-20-17(22-14-18(7-4-8-18)9-11-23-2)21-10-12-24-16-6-3-5-15(19)13-16;/h3,5-6,13H,4,7-12,14H2,1-2H3,(H2,20,21,22);1H. The lowest BCUT2D eigenvalue weighted by Crippen LogP contribution is -2.47. The van der Waals surface area contributed by atoms with Gasteiger partial charge in [0.15, 0.2) is 5.96 Å². The summed E-state index contributed by atoms with van der Waals surface area (Å²) >= 11 is 5.94. The third-order valence-corrected chi connectivity index (χ3v) is 4.80. The largest absolute Gasteiger partial charge is 0.492 e. The van der Waals surface area contributed by atoms with E-state index < -0.39 is 0 Å². The first-order valence-electron chi connectivity index (χ1n) is 8.49. The number of nitrogens with zero attached hydrogens (tertiary/aromatic N) is 1. The molecule has 1 fully saturated rings. The van der Waals surface area contributed by atoms with E-state index in [1.807, 2.05) is 24.3 Å². The smallest absolute Gasteiger partial charge is 0.191 e. The van der Waals surface area contributed by atoms with Crippen LogP contribution in [0.2, 0.25) is 5.02 Å². The Hall–Kier alpha value is -0.730. The Bertz CT molecular complexity index is 539. The topological polar surface area (TPSA) is 54.9 Å². The predicted octanol–water partition coefficient (Wildman–Crippen LogP) is 3.71. The predicted molar refractivity (Wildman–Crippen MR) is 115 cm³/mol. The molecule has 0 radical (unpaired) electrons. The summed E-state index contributed by atoms with van der Waals surface area (Å²) < 4.78 is 10.9. The number of aliphatic imine (C=N–C) groups is 1. The summed E-state index contributed by atoms with van der Waals surface area (Å²) in [7, 11) is 3.55. The molecule has 1 aromatic rings. The van der Waals surface area contributed by atoms with Crippen molar-refractivity contribution < 1.29 is 9.47 Å². The molecule has 0 heterocycles. The number of hydrogen-bond acceptors (Lipinski definition) is 3. The molecular weight excluding hydrogens is 453 g/mol. The van der Waals surface area contributed by atoms with Crippen molar-refractivity contribution in [1.29, 1.82) is 0 Å². The number of hydrogen-bond donors (Lipinski definition) is 2. The number of methoxy groups -OCH3 is 1. The fourth-order valence-electron chi connectivity index (χ4n) is 2.90. The van der Waals surface area contributed by atoms with Crippen molar-refractivity contribution in [3.63, 3.8) is 0 Å². The van der Waals surface area contributed by atoms with Crippen molar-refractivity contribution in [3.05, 3.63) is 29.3 Å². The molecule has 0 aromatic heterocycles. The molecule has 1 aliphatic carbocycles. The van der Waals surface area contributed by atoms with Crippen molar-refractivity contribution in [2.45, 2.75) is 25.7 Å². The first-order chi connectivity index (χ1) is 11.7. The molecule has 0 amide bonds. The van der Waals surface area contributed by atoms with E-state index >= 15 is 0 Å². The molecule has 1 aliphatic rings. The summed E-state index contributed by atoms with van der Waals surface area (Å²) in [5.41, 5.74) is 0.366. The van der Waals surface area contributed by atoms with E-state index in [1.165, 1.54) is 19.3 Å². The fourth-order valence-corrected chi connectivity index (χ4v) is 3.08. The minimum atomic E-state index is 0. The molecular formula is C18H29ClIN3O2. The highest BCUT2D eigenvalue weighted by atomic mass is 127. The second-order valence-electron chi connectivity index (χ2n) is 6.25. The van der Waals surface area contributed by atoms with Crippen LogP contribution in [0.4, 0.5) is 0 Å². The molecule has 2 rings (SSSR count). The molecule has 2 N–H and O–H groups in total. The van der Waals surface area contributed by atoms with Crippen LogP contribution in [0.15, 0.2) is 29.3 Å². The van der Waals surface area contributed by atoms with Gasteiger partial charge in [0.1, 0.15) is 12.4 Å². The average Bonchev–Trinajstić information content (AvgIpc) is 2.55. The fraction of sp³-hybridized carbons (Fsp3) is 0.611. The van der Waals surface area contributed by atoms with Gasteiger partial charge in [-0.3, -0.25) is 4.99 Å². The number of ether oxygens (including phenoxy) is 2. The van der Waals surface area contributed by atoms with Gasteiger partial charge in [-0.1, -0.05) is 24.1 Å². The molecule has 0 unspecified atom stereocenters. The summed E-state index contributed by atoms with van der Waals surface area (Å²) in [6.07, 6.45) is 4.94. The first-order valence-corrected chi connectivity index (χ1v) is 8.87. The van der Waals surface area contributed by atoms with Gasteiger partial charge >= 0.3 is 0 Å². The van der Waals surface area contributed by atoms with Gasteiger partial charge in [0.2, 0.25) is 0 Å². The molecule has 0 aliphatic heterocycles. The van der Waals surface area contributed by atoms with Gasteiger partial charge in [0.05, 0.1) is 6.54 Å². The van der Waals surface area contributed by atoms with Crippen molar-refractivity contribution in [1.82, 2.24) is 10.6 Å². The summed E-state index contributed by atoms with van der Waals surface area (Å²) in [6.45, 7) is 2.99. The molecule has 142 valence electrons. The van der Waals surface area contributed by atoms with Crippen molar-refractivity contribution in [2.75, 3.05) is 40.5 Å². The Morgan fingerprint density at radius 2 is 2.08 bits per heavy atom. The van der Waals surface area contributed by atoms with Crippen LogP contribution >= 0.6 is 35.6 Å². The van der Waals surface area contributed by atoms with Crippen LogP contribution in [-0.4, -0.2) is 46.4 Å². The minimum Gasteiger partial charge on any atom is -0.492 e. The zero-order valence-electron chi connectivity index (χ0n) is 15.0. The van der Waals surface area contributed by atoms with E-state index in [0.29, 0.717) is 23.6 Å². The maximum atomic E-state index is 5.94. The number of nitrogens with one attached hydrogen (secondary N) is 2. The summed E-state index contributed by atoms with van der Waals surface area (Å²) in [6, 6.07) is 7.42. The maximum Gasteiger partial charge on any atom is 0.191 e. The Morgan fingerprint density at radius 1 is 1.28 bits per heavy atom. The van der Waals surface area contributed by atoms with Crippen LogP contribution in [0.3, 0.4) is 0 Å². The average molecular weight is 482 g/mol. The summed E-state index contributed by atoms with van der Waals surface area (Å²) in [5, 5.41) is 7.40. The van der Waals surface area contributed by atoms with Gasteiger partial charge in [-0.05, 0) is 42.9 Å². The highest BCUT2D eigenvalue weighted by Gasteiger charge is 2.36. The zero-order chi connectivity index (χ0) is 17.3. The van der Waals surface area contributed by atoms with Crippen LogP contribution in [0.5, 0.6) is 5.75 Å². The number of benzene rings is 1. The van der Waals surface area contributed by atoms with Gasteiger partial charge in [0, 0.05) is 32.3 Å². The molecule has 0 spiro atoms. The van der Waals surface area contributed by atoms with Gasteiger partial charge in [-0.25, -0.2) is 0 Å². The van der Waals surface area contributed by atoms with E-state index in [1.54, 1.807) is 14.2 Å². The Kier molecular flexibility index (Phi) is 10.5. The third-order valence-electron chi connectivity index (χ3n) is 4.56. The second kappa shape index (κ2) is 11.8. The Balaban J connectivity index is 0.00000312. The summed E-state index contributed by atoms with van der Waals surface area (Å²) in [4.78, 5) is 4.27. The number of halogens is 2. The van der Waals surface area contributed by atoms with Crippen LogP contribution in [0.1, 0.15) is 25.7 Å². The van der Waals surface area contributed by atoms with Gasteiger partial charge in [0.25, 0.3) is 0 Å². The zero-order valence-corrected chi connectivity index (χ0v) is 18.1. The Labute approximate surface area is 172 Å². The van der Waals surface area contributed by atoms with E-state index in [2.05, 4.69) is 15.6 Å². The van der Waals surface area contributed by atoms with Crippen LogP contribution in [-0.2, 0) is 4.74 Å². The van der Waals surface area contributed by atoms with E-state index in [4.69, 9.17) is 21.1 Å². The van der Waals surface area contributed by atoms with Crippen LogP contribution in [0.25, 0.3) is 0 Å². The minimum absolute atomic E-state index is 0.